The Bertz CT molecular complexity index is 993. The number of carbonyl (C=O) groups excluding carboxylic acids is 1. The molecule has 1 aromatic heterocycles. The largest absolute Gasteiger partial charge is 0.573 e. The summed E-state index contributed by atoms with van der Waals surface area (Å²) in [5, 5.41) is 8.44. The third-order valence-corrected chi connectivity index (χ3v) is 5.90. The van der Waals surface area contributed by atoms with Crippen molar-refractivity contribution in [3.05, 3.63) is 28.6 Å². The van der Waals surface area contributed by atoms with Gasteiger partial charge < -0.3 is 9.15 Å². The molecule has 14 heteroatoms. The topological polar surface area (TPSA) is 115 Å². The number of hydrogen-bond donors (Lipinski definition) is 1. The Morgan fingerprint density at radius 3 is 2.50 bits per heavy atom. The van der Waals surface area contributed by atoms with Crippen molar-refractivity contribution >= 4 is 33.5 Å². The molecule has 1 aromatic carbocycles. The monoisotopic (exact) mass is 442 g/mol. The van der Waals surface area contributed by atoms with Crippen LogP contribution in [-0.2, 0) is 10.0 Å². The molecule has 154 valence electrons. The maximum absolute atomic E-state index is 12.7. The lowest BCUT2D eigenvalue weighted by Gasteiger charge is -2.20. The van der Waals surface area contributed by atoms with Gasteiger partial charge in [-0.2, -0.15) is 0 Å². The van der Waals surface area contributed by atoms with E-state index in [1.807, 2.05) is 0 Å². The molecular weight excluding hydrogens is 429 g/mol. The lowest BCUT2D eigenvalue weighted by Crippen LogP contribution is -2.29. The van der Waals surface area contributed by atoms with E-state index in [0.717, 1.165) is 17.4 Å². The quantitative estimate of drug-likeness (QED) is 0.731. The van der Waals surface area contributed by atoms with E-state index in [0.29, 0.717) is 6.07 Å². The summed E-state index contributed by atoms with van der Waals surface area (Å²) in [6.45, 7) is 2.86. The molecule has 1 N–H and O–H groups in total. The standard InChI is InChI=1S/C14H14ClF3N4O5S/c1-4-22(3)28(24,25)11-9(27-14(16,17)18)6-5-8(10(11)15)12(23)19-13-21-20-7(2)26-13/h5-6H,4H2,1-3H3,(H,19,21,23). The van der Waals surface area contributed by atoms with E-state index < -0.39 is 43.5 Å². The first kappa shape index (κ1) is 21.9. The van der Waals surface area contributed by atoms with Crippen LogP contribution >= 0.6 is 11.6 Å². The third kappa shape index (κ3) is 4.72. The van der Waals surface area contributed by atoms with Crippen molar-refractivity contribution in [1.29, 1.82) is 0 Å². The van der Waals surface area contributed by atoms with Gasteiger partial charge in [-0.25, -0.2) is 12.7 Å². The van der Waals surface area contributed by atoms with Crippen molar-refractivity contribution in [1.82, 2.24) is 14.5 Å². The van der Waals surface area contributed by atoms with Crippen molar-refractivity contribution in [2.75, 3.05) is 18.9 Å². The molecule has 0 aliphatic carbocycles. The minimum Gasteiger partial charge on any atom is -0.408 e. The second kappa shape index (κ2) is 7.93. The van der Waals surface area contributed by atoms with Crippen LogP contribution in [0.25, 0.3) is 0 Å². The number of hydrogen-bond acceptors (Lipinski definition) is 7. The van der Waals surface area contributed by atoms with Gasteiger partial charge in [0.15, 0.2) is 5.75 Å². The number of halogens is 4. The molecule has 0 spiro atoms. The van der Waals surface area contributed by atoms with Crippen LogP contribution < -0.4 is 10.1 Å². The first-order valence-corrected chi connectivity index (χ1v) is 9.34. The Morgan fingerprint density at radius 1 is 1.36 bits per heavy atom. The van der Waals surface area contributed by atoms with Crippen LogP contribution in [0.2, 0.25) is 5.02 Å². The van der Waals surface area contributed by atoms with Crippen LogP contribution in [0.3, 0.4) is 0 Å². The summed E-state index contributed by atoms with van der Waals surface area (Å²) in [7, 11) is -3.37. The number of nitrogens with one attached hydrogen (secondary N) is 1. The van der Waals surface area contributed by atoms with E-state index in [1.54, 1.807) is 0 Å². The van der Waals surface area contributed by atoms with E-state index in [-0.39, 0.29) is 18.5 Å². The van der Waals surface area contributed by atoms with Gasteiger partial charge in [0.25, 0.3) is 5.91 Å². The van der Waals surface area contributed by atoms with Crippen molar-refractivity contribution < 1.29 is 35.5 Å². The Hall–Kier alpha value is -2.38. The third-order valence-electron chi connectivity index (χ3n) is 3.39. The predicted octanol–water partition coefficient (Wildman–Crippen LogP) is 2.82. The highest BCUT2D eigenvalue weighted by molar-refractivity contribution is 7.89. The maximum Gasteiger partial charge on any atom is 0.573 e. The molecule has 0 saturated carbocycles. The highest BCUT2D eigenvalue weighted by atomic mass is 35.5. The Kier molecular flexibility index (Phi) is 6.21. The number of anilines is 1. The Labute approximate surface area is 162 Å². The van der Waals surface area contributed by atoms with Crippen molar-refractivity contribution in [3.8, 4) is 5.75 Å². The lowest BCUT2D eigenvalue weighted by molar-refractivity contribution is -0.275. The Balaban J connectivity index is 2.58. The van der Waals surface area contributed by atoms with Gasteiger partial charge in [0.05, 0.1) is 10.6 Å². The summed E-state index contributed by atoms with van der Waals surface area (Å²) < 4.78 is 72.9. The van der Waals surface area contributed by atoms with E-state index in [1.165, 1.54) is 13.8 Å². The smallest absolute Gasteiger partial charge is 0.408 e. The molecule has 2 rings (SSSR count). The number of aryl methyl sites for hydroxylation is 1. The van der Waals surface area contributed by atoms with Gasteiger partial charge >= 0.3 is 12.4 Å². The number of nitrogens with zero attached hydrogens (tertiary/aromatic N) is 3. The maximum atomic E-state index is 12.7. The molecule has 0 fully saturated rings. The van der Waals surface area contributed by atoms with Crippen LogP contribution in [0.15, 0.2) is 21.4 Å². The van der Waals surface area contributed by atoms with Crippen LogP contribution in [0.1, 0.15) is 23.2 Å². The summed E-state index contributed by atoms with van der Waals surface area (Å²) in [6.07, 6.45) is -5.18. The van der Waals surface area contributed by atoms with Gasteiger partial charge in [0.2, 0.25) is 15.9 Å². The summed E-state index contributed by atoms with van der Waals surface area (Å²) in [5.74, 6) is -1.89. The van der Waals surface area contributed by atoms with Gasteiger partial charge in [0, 0.05) is 20.5 Å². The molecule has 0 saturated heterocycles. The summed E-state index contributed by atoms with van der Waals surface area (Å²) >= 11 is 6.01. The number of sulfonamides is 1. The number of aromatic nitrogens is 2. The minimum atomic E-state index is -5.18. The SMILES string of the molecule is CCN(C)S(=O)(=O)c1c(OC(F)(F)F)ccc(C(=O)Nc2nnc(C)o2)c1Cl. The molecule has 28 heavy (non-hydrogen) atoms. The number of rotatable bonds is 6. The zero-order valence-electron chi connectivity index (χ0n) is 14.7. The highest BCUT2D eigenvalue weighted by Crippen LogP contribution is 2.38. The first-order chi connectivity index (χ1) is 12.9. The van der Waals surface area contributed by atoms with Crippen molar-refractivity contribution in [3.63, 3.8) is 0 Å². The Morgan fingerprint density at radius 2 is 2.00 bits per heavy atom. The second-order valence-corrected chi connectivity index (χ2v) is 7.66. The summed E-state index contributed by atoms with van der Waals surface area (Å²) in [5.41, 5.74) is -0.435. The van der Waals surface area contributed by atoms with Gasteiger partial charge in [0.1, 0.15) is 4.90 Å². The molecule has 1 amide bonds. The molecule has 9 nitrogen and oxygen atoms in total. The normalized spacial score (nSPS) is 12.3. The molecule has 1 heterocycles. The van der Waals surface area contributed by atoms with Crippen molar-refractivity contribution in [2.24, 2.45) is 0 Å². The van der Waals surface area contributed by atoms with Gasteiger partial charge in [-0.3, -0.25) is 10.1 Å². The fourth-order valence-corrected chi connectivity index (χ4v) is 3.88. The fraction of sp³-hybridized carbons (Fsp3) is 0.357. The summed E-state index contributed by atoms with van der Waals surface area (Å²) in [6, 6.07) is 1.26. The molecule has 0 bridgehead atoms. The number of benzene rings is 1. The van der Waals surface area contributed by atoms with E-state index in [4.69, 9.17) is 16.0 Å². The van der Waals surface area contributed by atoms with Crippen molar-refractivity contribution in [2.45, 2.75) is 25.1 Å². The zero-order chi connectivity index (χ0) is 21.3. The lowest BCUT2D eigenvalue weighted by atomic mass is 10.2. The van der Waals surface area contributed by atoms with Gasteiger partial charge in [-0.15, -0.1) is 18.3 Å². The van der Waals surface area contributed by atoms with E-state index in [2.05, 4.69) is 20.3 Å². The minimum absolute atomic E-state index is 0.0677. The molecule has 0 atom stereocenters. The fourth-order valence-electron chi connectivity index (χ4n) is 2.00. The molecular formula is C14H14ClF3N4O5S. The molecule has 2 aromatic rings. The van der Waals surface area contributed by atoms with Gasteiger partial charge in [-0.1, -0.05) is 23.6 Å². The number of carbonyl (C=O) groups is 1. The molecule has 0 radical (unpaired) electrons. The first-order valence-electron chi connectivity index (χ1n) is 7.53. The van der Waals surface area contributed by atoms with Crippen LogP contribution in [0.5, 0.6) is 5.75 Å². The van der Waals surface area contributed by atoms with Crippen LogP contribution in [-0.4, -0.2) is 48.8 Å². The number of alkyl halides is 3. The number of ether oxygens (including phenoxy) is 1. The molecule has 0 unspecified atom stereocenters. The van der Waals surface area contributed by atoms with E-state index >= 15 is 0 Å². The van der Waals surface area contributed by atoms with Crippen LogP contribution in [0, 0.1) is 6.92 Å². The van der Waals surface area contributed by atoms with E-state index in [9.17, 15) is 26.4 Å². The predicted molar refractivity (Wildman–Crippen MR) is 90.6 cm³/mol. The molecule has 0 aliphatic heterocycles. The zero-order valence-corrected chi connectivity index (χ0v) is 16.2. The average Bonchev–Trinajstić information content (AvgIpc) is 2.97. The number of amides is 1. The highest BCUT2D eigenvalue weighted by Gasteiger charge is 2.37. The van der Waals surface area contributed by atoms with Crippen LogP contribution in [0.4, 0.5) is 19.2 Å². The molecule has 0 aliphatic rings. The second-order valence-electron chi connectivity index (χ2n) is 5.30. The van der Waals surface area contributed by atoms with Gasteiger partial charge in [-0.05, 0) is 12.1 Å². The average molecular weight is 443 g/mol. The summed E-state index contributed by atoms with van der Waals surface area (Å²) in [4.78, 5) is 11.4.